The van der Waals surface area contributed by atoms with Crippen LogP contribution in [-0.4, -0.2) is 39.0 Å². The van der Waals surface area contributed by atoms with Gasteiger partial charge in [-0.1, -0.05) is 42.1 Å². The van der Waals surface area contributed by atoms with E-state index < -0.39 is 0 Å². The number of hydrogen-bond acceptors (Lipinski definition) is 7. The number of thioether (sulfide) groups is 1. The predicted molar refractivity (Wildman–Crippen MR) is 108 cm³/mol. The van der Waals surface area contributed by atoms with Gasteiger partial charge >= 0.3 is 0 Å². The van der Waals surface area contributed by atoms with Crippen LogP contribution in [0.1, 0.15) is 17.3 Å². The normalized spacial score (nSPS) is 12.1. The molecule has 1 aliphatic rings. The number of nitrogens with zero attached hydrogens (tertiary/aromatic N) is 3. The van der Waals surface area contributed by atoms with Gasteiger partial charge in [-0.15, -0.1) is 10.2 Å². The van der Waals surface area contributed by atoms with E-state index in [9.17, 15) is 9.59 Å². The first kappa shape index (κ1) is 19.0. The summed E-state index contributed by atoms with van der Waals surface area (Å²) in [7, 11) is 1.86. The van der Waals surface area contributed by atoms with E-state index in [1.54, 1.807) is 12.1 Å². The highest BCUT2D eigenvalue weighted by molar-refractivity contribution is 7.99. The van der Waals surface area contributed by atoms with Gasteiger partial charge in [0.15, 0.2) is 28.3 Å². The van der Waals surface area contributed by atoms with Gasteiger partial charge in [0.05, 0.1) is 11.4 Å². The number of hydrogen-bond donors (Lipinski definition) is 1. The number of ether oxygens (including phenoxy) is 2. The number of Topliss-reactive ketones (excluding diaryl/α,β-unsaturated/α-hetero) is 1. The highest BCUT2D eigenvalue weighted by Crippen LogP contribution is 2.37. The maximum Gasteiger partial charge on any atom is 0.234 e. The molecule has 1 amide bonds. The first-order valence-corrected chi connectivity index (χ1v) is 9.83. The molecule has 1 N–H and O–H groups in total. The Hall–Kier alpha value is -3.33. The minimum absolute atomic E-state index is 0.0931. The number of amides is 1. The van der Waals surface area contributed by atoms with Crippen molar-refractivity contribution < 1.29 is 19.1 Å². The number of rotatable bonds is 6. The molecule has 0 aliphatic carbocycles. The summed E-state index contributed by atoms with van der Waals surface area (Å²) in [6.45, 7) is 1.53. The van der Waals surface area contributed by atoms with E-state index in [-0.39, 0.29) is 24.2 Å². The second kappa shape index (κ2) is 7.96. The van der Waals surface area contributed by atoms with Crippen LogP contribution in [0, 0.1) is 0 Å². The number of anilines is 1. The van der Waals surface area contributed by atoms with Crippen molar-refractivity contribution >= 4 is 29.1 Å². The molecule has 3 aromatic rings. The van der Waals surface area contributed by atoms with Gasteiger partial charge in [0.25, 0.3) is 0 Å². The van der Waals surface area contributed by atoms with Crippen molar-refractivity contribution in [3.8, 4) is 22.9 Å². The van der Waals surface area contributed by atoms with E-state index in [1.807, 2.05) is 41.9 Å². The van der Waals surface area contributed by atoms with Gasteiger partial charge in [-0.2, -0.15) is 0 Å². The summed E-state index contributed by atoms with van der Waals surface area (Å²) in [4.78, 5) is 24.4. The highest BCUT2D eigenvalue weighted by Gasteiger charge is 2.21. The number of carbonyl (C=O) groups is 2. The van der Waals surface area contributed by atoms with Gasteiger partial charge < -0.3 is 19.4 Å². The third-order valence-corrected chi connectivity index (χ3v) is 5.39. The summed E-state index contributed by atoms with van der Waals surface area (Å²) < 4.78 is 12.5. The number of fused-ring (bicyclic) bond motifs is 1. The Labute approximate surface area is 171 Å². The summed E-state index contributed by atoms with van der Waals surface area (Å²) in [5.41, 5.74) is 1.72. The van der Waals surface area contributed by atoms with Crippen LogP contribution in [0.4, 0.5) is 5.69 Å². The Morgan fingerprint density at radius 3 is 2.59 bits per heavy atom. The Kier molecular flexibility index (Phi) is 5.22. The standard InChI is InChI=1S/C20H18N4O4S/c1-12(25)14-8-16-17(28-11-27-16)9-15(14)21-18(26)10-29-20-23-22-19(24(20)2)13-6-4-3-5-7-13/h3-9H,10-11H2,1-2H3,(H,21,26). The molecule has 9 heteroatoms. The van der Waals surface area contributed by atoms with Gasteiger partial charge in [0, 0.05) is 24.2 Å². The molecular weight excluding hydrogens is 392 g/mol. The molecule has 0 saturated carbocycles. The zero-order valence-corrected chi connectivity index (χ0v) is 16.7. The highest BCUT2D eigenvalue weighted by atomic mass is 32.2. The molecule has 0 radical (unpaired) electrons. The van der Waals surface area contributed by atoms with Crippen LogP contribution >= 0.6 is 11.8 Å². The predicted octanol–water partition coefficient (Wildman–Crippen LogP) is 3.14. The summed E-state index contributed by atoms with van der Waals surface area (Å²) in [6, 6.07) is 12.9. The number of nitrogens with one attached hydrogen (secondary N) is 1. The monoisotopic (exact) mass is 410 g/mol. The van der Waals surface area contributed by atoms with Crippen molar-refractivity contribution in [1.82, 2.24) is 14.8 Å². The lowest BCUT2D eigenvalue weighted by molar-refractivity contribution is -0.113. The topological polar surface area (TPSA) is 95.3 Å². The zero-order valence-electron chi connectivity index (χ0n) is 15.8. The van der Waals surface area contributed by atoms with E-state index in [1.165, 1.54) is 18.7 Å². The van der Waals surface area contributed by atoms with Gasteiger partial charge in [-0.25, -0.2) is 0 Å². The Morgan fingerprint density at radius 2 is 1.86 bits per heavy atom. The van der Waals surface area contributed by atoms with Crippen LogP contribution in [0.15, 0.2) is 47.6 Å². The third-order valence-electron chi connectivity index (χ3n) is 4.37. The van der Waals surface area contributed by atoms with Crippen LogP contribution in [0.3, 0.4) is 0 Å². The van der Waals surface area contributed by atoms with Crippen LogP contribution < -0.4 is 14.8 Å². The number of carbonyl (C=O) groups excluding carboxylic acids is 2. The molecule has 0 unspecified atom stereocenters. The van der Waals surface area contributed by atoms with Gasteiger partial charge in [-0.3, -0.25) is 9.59 Å². The third kappa shape index (κ3) is 3.95. The largest absolute Gasteiger partial charge is 0.454 e. The minimum atomic E-state index is -0.263. The quantitative estimate of drug-likeness (QED) is 0.493. The molecule has 1 aromatic heterocycles. The summed E-state index contributed by atoms with van der Waals surface area (Å²) >= 11 is 1.27. The zero-order chi connectivity index (χ0) is 20.4. The molecule has 8 nitrogen and oxygen atoms in total. The van der Waals surface area contributed by atoms with Crippen molar-refractivity contribution in [2.45, 2.75) is 12.1 Å². The van der Waals surface area contributed by atoms with E-state index in [0.717, 1.165) is 11.4 Å². The van der Waals surface area contributed by atoms with E-state index in [2.05, 4.69) is 15.5 Å². The van der Waals surface area contributed by atoms with Crippen molar-refractivity contribution in [2.75, 3.05) is 17.9 Å². The van der Waals surface area contributed by atoms with Gasteiger partial charge in [0.2, 0.25) is 12.7 Å². The van der Waals surface area contributed by atoms with E-state index in [4.69, 9.17) is 9.47 Å². The SMILES string of the molecule is CC(=O)c1cc2c(cc1NC(=O)CSc1nnc(-c3ccccc3)n1C)OCO2. The molecule has 0 saturated heterocycles. The fourth-order valence-electron chi connectivity index (χ4n) is 2.93. The van der Waals surface area contributed by atoms with Crippen LogP contribution in [0.25, 0.3) is 11.4 Å². The first-order chi connectivity index (χ1) is 14.0. The number of ketones is 1. The molecular formula is C20H18N4O4S. The fourth-order valence-corrected chi connectivity index (χ4v) is 3.64. The van der Waals surface area contributed by atoms with Crippen molar-refractivity contribution in [1.29, 1.82) is 0 Å². The second-order valence-corrected chi connectivity index (χ2v) is 7.32. The first-order valence-electron chi connectivity index (χ1n) is 8.85. The Morgan fingerprint density at radius 1 is 1.14 bits per heavy atom. The fraction of sp³-hybridized carbons (Fsp3) is 0.200. The smallest absolute Gasteiger partial charge is 0.234 e. The molecule has 2 aromatic carbocycles. The average molecular weight is 410 g/mol. The maximum absolute atomic E-state index is 12.5. The summed E-state index contributed by atoms with van der Waals surface area (Å²) in [6.07, 6.45) is 0. The second-order valence-electron chi connectivity index (χ2n) is 6.38. The Bertz CT molecular complexity index is 1080. The number of benzene rings is 2. The maximum atomic E-state index is 12.5. The molecule has 0 atom stereocenters. The summed E-state index contributed by atoms with van der Waals surface area (Å²) in [5.74, 6) is 1.40. The van der Waals surface area contributed by atoms with Gasteiger partial charge in [-0.05, 0) is 13.0 Å². The van der Waals surface area contributed by atoms with Gasteiger partial charge in [0.1, 0.15) is 0 Å². The molecule has 29 heavy (non-hydrogen) atoms. The lowest BCUT2D eigenvalue weighted by Gasteiger charge is -2.10. The van der Waals surface area contributed by atoms with E-state index in [0.29, 0.717) is 27.9 Å². The number of aromatic nitrogens is 3. The van der Waals surface area contributed by atoms with Crippen LogP contribution in [-0.2, 0) is 11.8 Å². The van der Waals surface area contributed by atoms with Crippen LogP contribution in [0.5, 0.6) is 11.5 Å². The summed E-state index contributed by atoms with van der Waals surface area (Å²) in [5, 5.41) is 11.8. The Balaban J connectivity index is 1.45. The van der Waals surface area contributed by atoms with Crippen molar-refractivity contribution in [3.63, 3.8) is 0 Å². The van der Waals surface area contributed by atoms with Crippen molar-refractivity contribution in [3.05, 3.63) is 48.0 Å². The molecule has 2 heterocycles. The molecule has 4 rings (SSSR count). The lowest BCUT2D eigenvalue weighted by Crippen LogP contribution is -2.16. The van der Waals surface area contributed by atoms with Crippen molar-refractivity contribution in [2.24, 2.45) is 7.05 Å². The van der Waals surface area contributed by atoms with Crippen LogP contribution in [0.2, 0.25) is 0 Å². The average Bonchev–Trinajstić information content (AvgIpc) is 3.32. The molecule has 148 valence electrons. The molecule has 0 bridgehead atoms. The lowest BCUT2D eigenvalue weighted by atomic mass is 10.1. The minimum Gasteiger partial charge on any atom is -0.454 e. The molecule has 1 aliphatic heterocycles. The molecule has 0 spiro atoms. The molecule has 0 fully saturated rings. The van der Waals surface area contributed by atoms with E-state index >= 15 is 0 Å².